The molecule has 3 aromatic carbocycles. The van der Waals surface area contributed by atoms with Crippen LogP contribution in [0.3, 0.4) is 0 Å². The lowest BCUT2D eigenvalue weighted by atomic mass is 10.3. The molecule has 0 saturated heterocycles. The average molecular weight is 459 g/mol. The summed E-state index contributed by atoms with van der Waals surface area (Å²) in [4.78, 5) is 0. The van der Waals surface area contributed by atoms with Crippen LogP contribution in [-0.2, 0) is 0 Å². The van der Waals surface area contributed by atoms with Gasteiger partial charge < -0.3 is 15.3 Å². The number of phenols is 3. The number of rotatable bonds is 0. The van der Waals surface area contributed by atoms with Crippen molar-refractivity contribution in [1.29, 1.82) is 0 Å². The molecule has 0 aliphatic carbocycles. The van der Waals surface area contributed by atoms with Gasteiger partial charge in [0.15, 0.2) is 34.8 Å². The van der Waals surface area contributed by atoms with Crippen LogP contribution in [-0.4, -0.2) is 15.3 Å². The van der Waals surface area contributed by atoms with Crippen molar-refractivity contribution in [3.05, 3.63) is 87.4 Å². The normalized spacial score (nSPS) is 9.79. The van der Waals surface area contributed by atoms with Crippen LogP contribution in [0.1, 0.15) is 0 Å². The third-order valence-corrected chi connectivity index (χ3v) is 3.49. The summed E-state index contributed by atoms with van der Waals surface area (Å²) in [6.07, 6.45) is 0. The van der Waals surface area contributed by atoms with Gasteiger partial charge >= 0.3 is 0 Å². The van der Waals surface area contributed by atoms with E-state index in [1.165, 1.54) is 12.1 Å². The summed E-state index contributed by atoms with van der Waals surface area (Å²) in [6, 6.07) is 7.72. The van der Waals surface area contributed by atoms with Crippen molar-refractivity contribution in [2.45, 2.75) is 0 Å². The van der Waals surface area contributed by atoms with Gasteiger partial charge in [0.2, 0.25) is 11.6 Å². The highest BCUT2D eigenvalue weighted by atomic mass is 35.5. The van der Waals surface area contributed by atoms with Gasteiger partial charge in [-0.3, -0.25) is 0 Å². The third-order valence-electron chi connectivity index (χ3n) is 2.93. The molecule has 3 aromatic rings. The molecule has 3 rings (SSSR count). The van der Waals surface area contributed by atoms with Gasteiger partial charge in [0, 0.05) is 17.2 Å². The molecule has 3 nitrogen and oxygen atoms in total. The highest BCUT2D eigenvalue weighted by molar-refractivity contribution is 6.34. The molecule has 0 aliphatic heterocycles. The van der Waals surface area contributed by atoms with Crippen molar-refractivity contribution in [2.75, 3.05) is 0 Å². The zero-order chi connectivity index (χ0) is 22.3. The van der Waals surface area contributed by atoms with Crippen molar-refractivity contribution in [3.63, 3.8) is 0 Å². The number of para-hydroxylation sites is 1. The first kappa shape index (κ1) is 24.3. The molecule has 3 N–H and O–H groups in total. The molecule has 11 heteroatoms. The van der Waals surface area contributed by atoms with Crippen molar-refractivity contribution in [2.24, 2.45) is 0 Å². The lowest BCUT2D eigenvalue weighted by Gasteiger charge is -1.98. The predicted octanol–water partition coefficient (Wildman–Crippen LogP) is 6.32. The van der Waals surface area contributed by atoms with Crippen LogP contribution in [0.2, 0.25) is 10.0 Å². The number of benzene rings is 3. The minimum atomic E-state index is -1.79. The second-order valence-corrected chi connectivity index (χ2v) is 5.83. The van der Waals surface area contributed by atoms with Crippen molar-refractivity contribution in [3.8, 4) is 17.2 Å². The Balaban J connectivity index is 0.000000219. The first-order valence-electron chi connectivity index (χ1n) is 7.24. The van der Waals surface area contributed by atoms with Crippen LogP contribution in [0.5, 0.6) is 17.2 Å². The Morgan fingerprint density at radius 1 is 0.586 bits per heavy atom. The predicted molar refractivity (Wildman–Crippen MR) is 94.1 cm³/mol. The molecule has 0 radical (unpaired) electrons. The molecule has 0 bridgehead atoms. The summed E-state index contributed by atoms with van der Waals surface area (Å²) in [5, 5.41) is 26.5. The molecule has 0 heterocycles. The summed E-state index contributed by atoms with van der Waals surface area (Å²) in [6.45, 7) is 0. The molecule has 29 heavy (non-hydrogen) atoms. The molecule has 0 spiro atoms. The molecule has 156 valence electrons. The zero-order valence-electron chi connectivity index (χ0n) is 13.9. The first-order chi connectivity index (χ1) is 13.5. The summed E-state index contributed by atoms with van der Waals surface area (Å²) >= 11 is 11.0. The number of halogens is 8. The summed E-state index contributed by atoms with van der Waals surface area (Å²) in [5.74, 6) is -11.2. The number of hydrogen-bond acceptors (Lipinski definition) is 3. The fourth-order valence-corrected chi connectivity index (χ4v) is 1.82. The summed E-state index contributed by atoms with van der Waals surface area (Å²) in [7, 11) is 0. The van der Waals surface area contributed by atoms with Crippen LogP contribution < -0.4 is 0 Å². The van der Waals surface area contributed by atoms with E-state index in [-0.39, 0.29) is 11.8 Å². The minimum Gasteiger partial charge on any atom is -0.506 e. The molecule has 0 aliphatic rings. The molecule has 0 aromatic heterocycles. The van der Waals surface area contributed by atoms with E-state index in [2.05, 4.69) is 0 Å². The topological polar surface area (TPSA) is 60.7 Å². The monoisotopic (exact) mass is 458 g/mol. The maximum atomic E-state index is 12.1. The Hall–Kier alpha value is -2.78. The van der Waals surface area contributed by atoms with Gasteiger partial charge in [-0.15, -0.1) is 0 Å². The second kappa shape index (κ2) is 10.7. The fraction of sp³-hybridized carbons (Fsp3) is 0. The Morgan fingerprint density at radius 3 is 1.45 bits per heavy atom. The van der Waals surface area contributed by atoms with Gasteiger partial charge in [-0.2, -0.15) is 8.78 Å². The Bertz CT molecular complexity index is 955. The third kappa shape index (κ3) is 6.95. The van der Waals surface area contributed by atoms with Gasteiger partial charge in [-0.25, -0.2) is 17.6 Å². The van der Waals surface area contributed by atoms with Crippen LogP contribution >= 0.6 is 23.2 Å². The molecule has 0 fully saturated rings. The molecule has 0 saturated carbocycles. The molecule has 0 atom stereocenters. The molecule has 0 amide bonds. The highest BCUT2D eigenvalue weighted by Crippen LogP contribution is 2.26. The largest absolute Gasteiger partial charge is 0.506 e. The molecular weight excluding hydrogens is 449 g/mol. The number of aromatic hydroxyl groups is 3. The van der Waals surface area contributed by atoms with E-state index in [0.29, 0.717) is 10.0 Å². The Kier molecular flexibility index (Phi) is 8.93. The minimum absolute atomic E-state index is 0.0177. The van der Waals surface area contributed by atoms with E-state index in [9.17, 15) is 26.3 Å². The Labute approximate surface area is 170 Å². The maximum absolute atomic E-state index is 12.1. The van der Waals surface area contributed by atoms with Crippen molar-refractivity contribution >= 4 is 23.2 Å². The summed E-state index contributed by atoms with van der Waals surface area (Å²) in [5.41, 5.74) is 0. The zero-order valence-corrected chi connectivity index (χ0v) is 15.4. The second-order valence-electron chi connectivity index (χ2n) is 4.98. The smallest absolute Gasteiger partial charge is 0.203 e. The SMILES string of the molecule is Oc1c(F)c(F)cc(F)c1F.Oc1c(F)cccc1F.Oc1cc(Cl)ccc1Cl. The van der Waals surface area contributed by atoms with Gasteiger partial charge in [0.25, 0.3) is 0 Å². The van der Waals surface area contributed by atoms with Crippen LogP contribution in [0.4, 0.5) is 26.3 Å². The molecule has 0 unspecified atom stereocenters. The van der Waals surface area contributed by atoms with Crippen molar-refractivity contribution in [1.82, 2.24) is 0 Å². The Morgan fingerprint density at radius 2 is 1.07 bits per heavy atom. The maximum Gasteiger partial charge on any atom is 0.203 e. The van der Waals surface area contributed by atoms with Gasteiger partial charge in [-0.1, -0.05) is 29.3 Å². The van der Waals surface area contributed by atoms with Crippen molar-refractivity contribution < 1.29 is 41.7 Å². The lowest BCUT2D eigenvalue weighted by molar-refractivity contribution is 0.356. The van der Waals surface area contributed by atoms with E-state index in [0.717, 1.165) is 12.1 Å². The van der Waals surface area contributed by atoms with Gasteiger partial charge in [0.1, 0.15) is 5.75 Å². The fourth-order valence-electron chi connectivity index (χ4n) is 1.54. The quantitative estimate of drug-likeness (QED) is 0.273. The highest BCUT2D eigenvalue weighted by Gasteiger charge is 2.17. The average Bonchev–Trinajstić information content (AvgIpc) is 2.67. The van der Waals surface area contributed by atoms with Crippen LogP contribution in [0.15, 0.2) is 42.5 Å². The molecular formula is C18H10Cl2F6O3. The van der Waals surface area contributed by atoms with Crippen LogP contribution in [0, 0.1) is 34.9 Å². The van der Waals surface area contributed by atoms with Crippen LogP contribution in [0.25, 0.3) is 0 Å². The van der Waals surface area contributed by atoms with Gasteiger partial charge in [0.05, 0.1) is 5.02 Å². The van der Waals surface area contributed by atoms with E-state index >= 15 is 0 Å². The summed E-state index contributed by atoms with van der Waals surface area (Å²) < 4.78 is 72.6. The van der Waals surface area contributed by atoms with Gasteiger partial charge in [-0.05, 0) is 24.3 Å². The first-order valence-corrected chi connectivity index (χ1v) is 8.00. The standard InChI is InChI=1S/C6H4Cl2O.C6H2F4O.C6H4F2O/c7-4-1-2-5(8)6(9)3-4;7-2-1-3(8)5(10)6(11)4(2)9;7-4-2-1-3-5(8)6(4)9/h1-3,9H;1,11H;1-3,9H. The van der Waals surface area contributed by atoms with E-state index < -0.39 is 46.4 Å². The van der Waals surface area contributed by atoms with E-state index in [4.69, 9.17) is 38.5 Å². The van der Waals surface area contributed by atoms with E-state index in [1.54, 1.807) is 12.1 Å². The van der Waals surface area contributed by atoms with E-state index in [1.807, 2.05) is 0 Å². The number of hydrogen-bond donors (Lipinski definition) is 3. The lowest BCUT2D eigenvalue weighted by Crippen LogP contribution is -1.92. The number of phenolic OH excluding ortho intramolecular Hbond substituents is 3.